The molecule has 3 heteroatoms. The highest BCUT2D eigenvalue weighted by Crippen LogP contribution is 2.64. The van der Waals surface area contributed by atoms with E-state index in [1.165, 1.54) is 5.57 Å². The van der Waals surface area contributed by atoms with Crippen LogP contribution in [0.15, 0.2) is 11.6 Å². The third-order valence-corrected chi connectivity index (χ3v) is 7.57. The minimum absolute atomic E-state index is 0.00424. The van der Waals surface area contributed by atoms with E-state index in [1.54, 1.807) is 6.08 Å². The number of Topliss-reactive ketones (excluding diaryl/α,β-unsaturated/α-hetero) is 1. The van der Waals surface area contributed by atoms with Crippen molar-refractivity contribution in [3.05, 3.63) is 11.6 Å². The lowest BCUT2D eigenvalue weighted by atomic mass is 9.47. The third kappa shape index (κ3) is 1.71. The number of rotatable bonds is 0. The Balaban J connectivity index is 1.75. The standard InChI is InChI=1S/C19H25FO2/c1-18-8-7-12(21)9-11(18)3-4-13-14-5-6-16(22)19(14,2)10-15(20)17(13)18/h9,13-15,17H,3-8,10H2,1-2H3/t13-,14-,15-,17+,18-,19-/m0/s1. The fraction of sp³-hybridized carbons (Fsp3) is 0.789. The summed E-state index contributed by atoms with van der Waals surface area (Å²) in [5, 5.41) is 0. The van der Waals surface area contributed by atoms with Crippen molar-refractivity contribution in [1.82, 2.24) is 0 Å². The highest BCUT2D eigenvalue weighted by atomic mass is 19.1. The summed E-state index contributed by atoms with van der Waals surface area (Å²) in [4.78, 5) is 24.1. The molecule has 0 N–H and O–H groups in total. The second-order valence-corrected chi connectivity index (χ2v) is 8.49. The molecule has 3 fully saturated rings. The molecule has 120 valence electrons. The van der Waals surface area contributed by atoms with E-state index in [0.717, 1.165) is 25.7 Å². The number of ketones is 2. The van der Waals surface area contributed by atoms with E-state index >= 15 is 4.39 Å². The fourth-order valence-corrected chi connectivity index (χ4v) is 6.39. The molecule has 4 aliphatic carbocycles. The summed E-state index contributed by atoms with van der Waals surface area (Å²) >= 11 is 0. The second kappa shape index (κ2) is 4.52. The monoisotopic (exact) mass is 304 g/mol. The van der Waals surface area contributed by atoms with Gasteiger partial charge in [0.15, 0.2) is 5.78 Å². The second-order valence-electron chi connectivity index (χ2n) is 8.49. The molecule has 6 atom stereocenters. The van der Waals surface area contributed by atoms with Crippen molar-refractivity contribution in [2.75, 3.05) is 0 Å². The lowest BCUT2D eigenvalue weighted by Crippen LogP contribution is -2.55. The van der Waals surface area contributed by atoms with Gasteiger partial charge < -0.3 is 0 Å². The van der Waals surface area contributed by atoms with E-state index in [9.17, 15) is 9.59 Å². The number of allylic oxidation sites excluding steroid dienone is 1. The largest absolute Gasteiger partial charge is 0.299 e. The van der Waals surface area contributed by atoms with Crippen LogP contribution < -0.4 is 0 Å². The maximum atomic E-state index is 15.2. The molecule has 0 aromatic carbocycles. The Morgan fingerprint density at radius 2 is 1.86 bits per heavy atom. The zero-order valence-electron chi connectivity index (χ0n) is 13.5. The van der Waals surface area contributed by atoms with Crippen molar-refractivity contribution in [2.24, 2.45) is 28.6 Å². The van der Waals surface area contributed by atoms with Gasteiger partial charge in [0.1, 0.15) is 12.0 Å². The van der Waals surface area contributed by atoms with E-state index in [0.29, 0.717) is 31.1 Å². The van der Waals surface area contributed by atoms with Gasteiger partial charge in [-0.15, -0.1) is 0 Å². The van der Waals surface area contributed by atoms with Crippen LogP contribution in [-0.4, -0.2) is 17.7 Å². The number of halogens is 1. The van der Waals surface area contributed by atoms with Gasteiger partial charge in [0.05, 0.1) is 0 Å². The number of fused-ring (bicyclic) bond motifs is 5. The quantitative estimate of drug-likeness (QED) is 0.677. The predicted octanol–water partition coefficient (Wildman–Crippen LogP) is 4.04. The number of carbonyl (C=O) groups is 2. The van der Waals surface area contributed by atoms with Crippen molar-refractivity contribution in [2.45, 2.75) is 65.0 Å². The van der Waals surface area contributed by atoms with Crippen molar-refractivity contribution < 1.29 is 14.0 Å². The topological polar surface area (TPSA) is 34.1 Å². The van der Waals surface area contributed by atoms with Crippen molar-refractivity contribution in [3.63, 3.8) is 0 Å². The van der Waals surface area contributed by atoms with E-state index < -0.39 is 11.6 Å². The van der Waals surface area contributed by atoms with Gasteiger partial charge in [-0.1, -0.05) is 19.4 Å². The SMILES string of the molecule is C[C@]12CCC(=O)C=C1CC[C@@H]1[C@@H]2[C@@H](F)C[C@]2(C)C(=O)CC[C@@H]12. The van der Waals surface area contributed by atoms with Gasteiger partial charge in [-0.2, -0.15) is 0 Å². The Labute approximate surface area is 131 Å². The van der Waals surface area contributed by atoms with Gasteiger partial charge in [0.2, 0.25) is 0 Å². The average molecular weight is 304 g/mol. The molecule has 0 saturated heterocycles. The Kier molecular flexibility index (Phi) is 3.00. The first-order valence-electron chi connectivity index (χ1n) is 8.77. The van der Waals surface area contributed by atoms with E-state index in [2.05, 4.69) is 6.92 Å². The molecule has 4 rings (SSSR count). The van der Waals surface area contributed by atoms with Crippen LogP contribution in [0.5, 0.6) is 0 Å². The summed E-state index contributed by atoms with van der Waals surface area (Å²) in [6.45, 7) is 4.18. The molecule has 0 aromatic rings. The smallest absolute Gasteiger partial charge is 0.155 e. The zero-order valence-corrected chi connectivity index (χ0v) is 13.5. The van der Waals surface area contributed by atoms with Crippen LogP contribution in [0.25, 0.3) is 0 Å². The van der Waals surface area contributed by atoms with Crippen LogP contribution in [0.3, 0.4) is 0 Å². The van der Waals surface area contributed by atoms with Crippen LogP contribution in [0.4, 0.5) is 4.39 Å². The molecule has 0 spiro atoms. The maximum Gasteiger partial charge on any atom is 0.155 e. The van der Waals surface area contributed by atoms with Gasteiger partial charge >= 0.3 is 0 Å². The Bertz CT molecular complexity index is 580. The summed E-state index contributed by atoms with van der Waals surface area (Å²) in [6, 6.07) is 0. The number of hydrogen-bond donors (Lipinski definition) is 0. The summed E-state index contributed by atoms with van der Waals surface area (Å²) in [7, 11) is 0. The van der Waals surface area contributed by atoms with Gasteiger partial charge in [-0.3, -0.25) is 9.59 Å². The van der Waals surface area contributed by atoms with Crippen LogP contribution in [-0.2, 0) is 9.59 Å². The van der Waals surface area contributed by atoms with Crippen molar-refractivity contribution >= 4 is 11.6 Å². The summed E-state index contributed by atoms with van der Waals surface area (Å²) in [6.07, 6.45) is 6.08. The van der Waals surface area contributed by atoms with Crippen molar-refractivity contribution in [1.29, 1.82) is 0 Å². The molecule has 4 aliphatic rings. The van der Waals surface area contributed by atoms with E-state index in [4.69, 9.17) is 0 Å². The van der Waals surface area contributed by atoms with E-state index in [1.807, 2.05) is 6.92 Å². The first kappa shape index (κ1) is 14.6. The van der Waals surface area contributed by atoms with E-state index in [-0.39, 0.29) is 22.9 Å². The molecule has 0 heterocycles. The zero-order chi connectivity index (χ0) is 15.7. The maximum absolute atomic E-state index is 15.2. The van der Waals surface area contributed by atoms with Crippen molar-refractivity contribution in [3.8, 4) is 0 Å². The molecule has 0 aliphatic heterocycles. The lowest BCUT2D eigenvalue weighted by molar-refractivity contribution is -0.139. The van der Waals surface area contributed by atoms with Gasteiger partial charge in [0.25, 0.3) is 0 Å². The first-order chi connectivity index (χ1) is 10.4. The highest BCUT2D eigenvalue weighted by molar-refractivity contribution is 5.91. The fourth-order valence-electron chi connectivity index (χ4n) is 6.39. The Hall–Kier alpha value is -0.990. The molecule has 0 unspecified atom stereocenters. The molecule has 0 aromatic heterocycles. The third-order valence-electron chi connectivity index (χ3n) is 7.57. The summed E-state index contributed by atoms with van der Waals surface area (Å²) in [5.41, 5.74) is 0.590. The predicted molar refractivity (Wildman–Crippen MR) is 82.0 cm³/mol. The van der Waals surface area contributed by atoms with Gasteiger partial charge in [-0.05, 0) is 55.4 Å². The molecule has 3 saturated carbocycles. The minimum atomic E-state index is -0.907. The lowest BCUT2D eigenvalue weighted by Gasteiger charge is -2.57. The summed E-state index contributed by atoms with van der Waals surface area (Å²) in [5.74, 6) is 1.16. The van der Waals surface area contributed by atoms with Crippen LogP contribution >= 0.6 is 0 Å². The molecule has 22 heavy (non-hydrogen) atoms. The van der Waals surface area contributed by atoms with Gasteiger partial charge in [-0.25, -0.2) is 4.39 Å². The molecule has 2 nitrogen and oxygen atoms in total. The molecule has 0 amide bonds. The first-order valence-corrected chi connectivity index (χ1v) is 8.77. The number of hydrogen-bond acceptors (Lipinski definition) is 2. The Morgan fingerprint density at radius 1 is 1.09 bits per heavy atom. The van der Waals surface area contributed by atoms with Gasteiger partial charge in [0, 0.05) is 24.2 Å². The normalized spacial score (nSPS) is 51.0. The number of alkyl halides is 1. The molecule has 0 radical (unpaired) electrons. The molecular formula is C19H25FO2. The Morgan fingerprint density at radius 3 is 2.64 bits per heavy atom. The summed E-state index contributed by atoms with van der Waals surface area (Å²) < 4.78 is 15.2. The van der Waals surface area contributed by atoms with Crippen LogP contribution in [0.2, 0.25) is 0 Å². The number of carbonyl (C=O) groups excluding carboxylic acids is 2. The molecular weight excluding hydrogens is 279 g/mol. The average Bonchev–Trinajstić information content (AvgIpc) is 2.75. The minimum Gasteiger partial charge on any atom is -0.299 e. The molecule has 0 bridgehead atoms. The highest BCUT2D eigenvalue weighted by Gasteiger charge is 2.62. The van der Waals surface area contributed by atoms with Crippen LogP contribution in [0.1, 0.15) is 58.8 Å². The van der Waals surface area contributed by atoms with Crippen LogP contribution in [0, 0.1) is 28.6 Å².